The zero-order valence-electron chi connectivity index (χ0n) is 24.5. The molecule has 0 aliphatic carbocycles. The minimum absolute atomic E-state index is 0.0347. The third-order valence-corrected chi connectivity index (χ3v) is 8.46. The average Bonchev–Trinajstić information content (AvgIpc) is 3.68. The maximum atomic E-state index is 11.1. The first-order valence-electron chi connectivity index (χ1n) is 15.1. The van der Waals surface area contributed by atoms with Gasteiger partial charge in [0, 0.05) is 28.1 Å². The van der Waals surface area contributed by atoms with Crippen molar-refractivity contribution in [3.8, 4) is 45.6 Å². The standard InChI is InChI=1S/C40H25N3O3/c44-35-21-20-31-29-15-6-7-19-36(29)45-38(31)39(35)46-40-42-37-30(16-10-18-34(37)43(40)27-12-2-1-3-13-27)32-24-26(33-17-8-9-22-41-33)23-25-11-4-5-14-28(25)32/h1-24,44H. The molecular weight excluding hydrogens is 570 g/mol. The summed E-state index contributed by atoms with van der Waals surface area (Å²) in [6, 6.07) is 46.4. The van der Waals surface area contributed by atoms with Crippen molar-refractivity contribution in [3.05, 3.63) is 146 Å². The molecule has 9 aromatic rings. The van der Waals surface area contributed by atoms with Crippen LogP contribution in [0.5, 0.6) is 17.5 Å². The highest BCUT2D eigenvalue weighted by Gasteiger charge is 2.23. The number of imidazole rings is 1. The summed E-state index contributed by atoms with van der Waals surface area (Å²) < 4.78 is 14.8. The van der Waals surface area contributed by atoms with Crippen LogP contribution < -0.4 is 4.74 Å². The molecule has 218 valence electrons. The predicted molar refractivity (Wildman–Crippen MR) is 183 cm³/mol. The molecule has 9 rings (SSSR count). The van der Waals surface area contributed by atoms with Gasteiger partial charge in [0.1, 0.15) is 11.1 Å². The molecule has 3 heterocycles. The van der Waals surface area contributed by atoms with Crippen LogP contribution in [-0.4, -0.2) is 19.6 Å². The van der Waals surface area contributed by atoms with Crippen LogP contribution in [0.4, 0.5) is 0 Å². The molecule has 0 amide bonds. The molecule has 46 heavy (non-hydrogen) atoms. The predicted octanol–water partition coefficient (Wildman–Crippen LogP) is 10.3. The molecular formula is C40H25N3O3. The summed E-state index contributed by atoms with van der Waals surface area (Å²) in [5.41, 5.74) is 7.59. The van der Waals surface area contributed by atoms with Gasteiger partial charge in [0.05, 0.1) is 16.9 Å². The first-order valence-corrected chi connectivity index (χ1v) is 15.1. The topological polar surface area (TPSA) is 73.3 Å². The summed E-state index contributed by atoms with van der Waals surface area (Å²) in [6.07, 6.45) is 1.81. The number of fused-ring (bicyclic) bond motifs is 5. The molecule has 0 unspecified atom stereocenters. The van der Waals surface area contributed by atoms with E-state index < -0.39 is 0 Å². The highest BCUT2D eigenvalue weighted by Crippen LogP contribution is 2.44. The van der Waals surface area contributed by atoms with Crippen LogP contribution in [-0.2, 0) is 0 Å². The Bertz CT molecular complexity index is 2570. The van der Waals surface area contributed by atoms with Crippen molar-refractivity contribution in [2.45, 2.75) is 0 Å². The van der Waals surface area contributed by atoms with Crippen LogP contribution in [0.1, 0.15) is 0 Å². The molecule has 0 saturated heterocycles. The fourth-order valence-electron chi connectivity index (χ4n) is 6.35. The van der Waals surface area contributed by atoms with Gasteiger partial charge in [-0.3, -0.25) is 9.55 Å². The Morgan fingerprint density at radius 2 is 1.46 bits per heavy atom. The highest BCUT2D eigenvalue weighted by atomic mass is 16.5. The summed E-state index contributed by atoms with van der Waals surface area (Å²) in [7, 11) is 0. The molecule has 3 aromatic heterocycles. The first kappa shape index (κ1) is 26.0. The normalized spacial score (nSPS) is 11.6. The van der Waals surface area contributed by atoms with E-state index in [1.54, 1.807) is 6.07 Å². The third-order valence-electron chi connectivity index (χ3n) is 8.46. The molecule has 0 saturated carbocycles. The van der Waals surface area contributed by atoms with E-state index in [9.17, 15) is 5.11 Å². The second kappa shape index (κ2) is 10.4. The van der Waals surface area contributed by atoms with Gasteiger partial charge in [-0.05, 0) is 77.0 Å². The second-order valence-electron chi connectivity index (χ2n) is 11.2. The van der Waals surface area contributed by atoms with E-state index in [-0.39, 0.29) is 11.5 Å². The van der Waals surface area contributed by atoms with Crippen molar-refractivity contribution < 1.29 is 14.3 Å². The van der Waals surface area contributed by atoms with Crippen molar-refractivity contribution in [3.63, 3.8) is 0 Å². The molecule has 0 aliphatic rings. The van der Waals surface area contributed by atoms with Gasteiger partial charge in [0.15, 0.2) is 11.3 Å². The van der Waals surface area contributed by atoms with Crippen molar-refractivity contribution in [2.75, 3.05) is 0 Å². The zero-order valence-corrected chi connectivity index (χ0v) is 24.5. The van der Waals surface area contributed by atoms with Crippen molar-refractivity contribution in [2.24, 2.45) is 0 Å². The van der Waals surface area contributed by atoms with Gasteiger partial charge in [-0.2, -0.15) is 4.98 Å². The Morgan fingerprint density at radius 1 is 0.652 bits per heavy atom. The van der Waals surface area contributed by atoms with Gasteiger partial charge in [-0.1, -0.05) is 78.9 Å². The molecule has 6 aromatic carbocycles. The van der Waals surface area contributed by atoms with Gasteiger partial charge < -0.3 is 14.3 Å². The number of ether oxygens (including phenoxy) is 1. The summed E-state index contributed by atoms with van der Waals surface area (Å²) in [6.45, 7) is 0. The van der Waals surface area contributed by atoms with E-state index in [1.165, 1.54) is 0 Å². The van der Waals surface area contributed by atoms with E-state index in [0.29, 0.717) is 17.2 Å². The summed E-state index contributed by atoms with van der Waals surface area (Å²) >= 11 is 0. The number of hydrogen-bond acceptors (Lipinski definition) is 5. The van der Waals surface area contributed by atoms with Gasteiger partial charge in [-0.25, -0.2) is 0 Å². The van der Waals surface area contributed by atoms with E-state index in [2.05, 4.69) is 47.4 Å². The lowest BCUT2D eigenvalue weighted by molar-refractivity contribution is 0.388. The minimum atomic E-state index is -0.0347. The molecule has 0 atom stereocenters. The fraction of sp³-hybridized carbons (Fsp3) is 0. The number of nitrogens with zero attached hydrogens (tertiary/aromatic N) is 3. The maximum absolute atomic E-state index is 11.1. The van der Waals surface area contributed by atoms with Crippen LogP contribution in [0.15, 0.2) is 150 Å². The quantitative estimate of drug-likeness (QED) is 0.214. The SMILES string of the molecule is Oc1ccc2c(oc3ccccc32)c1Oc1nc2c(-c3cc(-c4ccccn4)cc4ccccc34)cccc2n1-c1ccccc1. The smallest absolute Gasteiger partial charge is 0.307 e. The number of phenols is 1. The summed E-state index contributed by atoms with van der Waals surface area (Å²) in [5.74, 6) is 0.179. The van der Waals surface area contributed by atoms with Crippen LogP contribution in [0.3, 0.4) is 0 Å². The summed E-state index contributed by atoms with van der Waals surface area (Å²) in [4.78, 5) is 9.78. The molecule has 6 heteroatoms. The van der Waals surface area contributed by atoms with Gasteiger partial charge >= 0.3 is 6.01 Å². The van der Waals surface area contributed by atoms with Gasteiger partial charge in [0.2, 0.25) is 5.75 Å². The fourth-order valence-corrected chi connectivity index (χ4v) is 6.35. The van der Waals surface area contributed by atoms with E-state index >= 15 is 0 Å². The largest absolute Gasteiger partial charge is 0.504 e. The average molecular weight is 596 g/mol. The van der Waals surface area contributed by atoms with E-state index in [1.807, 2.05) is 102 Å². The van der Waals surface area contributed by atoms with Crippen LogP contribution in [0.25, 0.3) is 71.8 Å². The molecule has 0 radical (unpaired) electrons. The minimum Gasteiger partial charge on any atom is -0.504 e. The van der Waals surface area contributed by atoms with E-state index in [0.717, 1.165) is 60.6 Å². The monoisotopic (exact) mass is 595 g/mol. The first-order chi connectivity index (χ1) is 22.7. The molecule has 6 nitrogen and oxygen atoms in total. The summed E-state index contributed by atoms with van der Waals surface area (Å²) in [5, 5.41) is 15.1. The molecule has 0 fully saturated rings. The Hall–Kier alpha value is -6.40. The number of para-hydroxylation sites is 3. The van der Waals surface area contributed by atoms with E-state index in [4.69, 9.17) is 14.1 Å². The Balaban J connectivity index is 1.30. The van der Waals surface area contributed by atoms with Gasteiger partial charge in [-0.15, -0.1) is 0 Å². The lowest BCUT2D eigenvalue weighted by Gasteiger charge is -2.12. The van der Waals surface area contributed by atoms with Crippen molar-refractivity contribution in [1.82, 2.24) is 14.5 Å². The van der Waals surface area contributed by atoms with Crippen molar-refractivity contribution >= 4 is 43.7 Å². The molecule has 0 bridgehead atoms. The number of rotatable bonds is 5. The highest BCUT2D eigenvalue weighted by molar-refractivity contribution is 6.08. The number of pyridine rings is 1. The van der Waals surface area contributed by atoms with Crippen LogP contribution in [0.2, 0.25) is 0 Å². The zero-order chi connectivity index (χ0) is 30.6. The number of hydrogen-bond donors (Lipinski definition) is 1. The maximum Gasteiger partial charge on any atom is 0.307 e. The van der Waals surface area contributed by atoms with Crippen molar-refractivity contribution in [1.29, 1.82) is 0 Å². The lowest BCUT2D eigenvalue weighted by atomic mass is 9.93. The number of aromatic hydroxyl groups is 1. The number of furan rings is 1. The Kier molecular flexibility index (Phi) is 5.86. The molecule has 0 aliphatic heterocycles. The second-order valence-corrected chi connectivity index (χ2v) is 11.2. The molecule has 1 N–H and O–H groups in total. The number of benzene rings is 6. The molecule has 0 spiro atoms. The third kappa shape index (κ3) is 4.12. The van der Waals surface area contributed by atoms with Crippen LogP contribution >= 0.6 is 0 Å². The van der Waals surface area contributed by atoms with Gasteiger partial charge in [0.25, 0.3) is 0 Å². The number of phenolic OH excluding ortho intramolecular Hbond substituents is 1. The lowest BCUT2D eigenvalue weighted by Crippen LogP contribution is -1.98. The Labute approximate surface area is 263 Å². The van der Waals surface area contributed by atoms with Crippen LogP contribution in [0, 0.1) is 0 Å². The number of aromatic nitrogens is 3. The Morgan fingerprint density at radius 3 is 2.33 bits per heavy atom.